The van der Waals surface area contributed by atoms with Crippen LogP contribution in [0.4, 0.5) is 0 Å². The van der Waals surface area contributed by atoms with E-state index in [1.165, 1.54) is 0 Å². The summed E-state index contributed by atoms with van der Waals surface area (Å²) < 4.78 is 1.26. The smallest absolute Gasteiger partial charge is 0.0885 e. The molecule has 1 rings (SSSR count). The monoisotopic (exact) mass is 452 g/mol. The Morgan fingerprint density at radius 1 is 1.15 bits per heavy atom. The normalized spacial score (nSPS) is 11.8. The summed E-state index contributed by atoms with van der Waals surface area (Å²) in [5.41, 5.74) is 2.10. The molecule has 0 aromatic heterocycles. The maximum atomic E-state index is 6.07. The molecule has 0 spiro atoms. The van der Waals surface area contributed by atoms with Crippen LogP contribution < -0.4 is 0 Å². The third-order valence-electron chi connectivity index (χ3n) is 1.58. The highest BCUT2D eigenvalue weighted by molar-refractivity contribution is 9.25. The van der Waals surface area contributed by atoms with Crippen molar-refractivity contribution in [2.24, 2.45) is 0 Å². The molecular formula is C8H5Br4Cl. The Hall–Kier alpha value is 1.43. The number of hydrogen-bond acceptors (Lipinski definition) is 0. The van der Waals surface area contributed by atoms with Crippen molar-refractivity contribution in [1.29, 1.82) is 0 Å². The van der Waals surface area contributed by atoms with Crippen LogP contribution in [0.15, 0.2) is 21.1 Å². The lowest BCUT2D eigenvalue weighted by molar-refractivity contribution is 1.26. The summed E-state index contributed by atoms with van der Waals surface area (Å²) in [6.07, 6.45) is 0. The molecule has 0 N–H and O–H groups in total. The van der Waals surface area contributed by atoms with Crippen molar-refractivity contribution in [3.8, 4) is 0 Å². The number of benzene rings is 1. The molecule has 0 unspecified atom stereocenters. The lowest BCUT2D eigenvalue weighted by Crippen LogP contribution is -2.00. The van der Waals surface area contributed by atoms with Gasteiger partial charge in [-0.3, -0.25) is 0 Å². The fraction of sp³-hybridized carbons (Fsp3) is 0.250. The van der Waals surface area contributed by atoms with Gasteiger partial charge in [0.05, 0.1) is 0 Å². The first-order valence-corrected chi connectivity index (χ1v) is 6.91. The van der Waals surface area contributed by atoms with E-state index in [1.54, 1.807) is 0 Å². The van der Waals surface area contributed by atoms with Gasteiger partial charge in [0, 0.05) is 14.5 Å². The van der Waals surface area contributed by atoms with Crippen LogP contribution >= 0.6 is 75.3 Å². The van der Waals surface area contributed by atoms with E-state index in [0.29, 0.717) is 0 Å². The van der Waals surface area contributed by atoms with Crippen molar-refractivity contribution in [2.75, 3.05) is 0 Å². The molecule has 13 heavy (non-hydrogen) atoms. The van der Waals surface area contributed by atoms with Crippen LogP contribution in [0.1, 0.15) is 11.1 Å². The summed E-state index contributed by atoms with van der Waals surface area (Å²) in [5.74, 6) is 0. The highest BCUT2D eigenvalue weighted by Gasteiger charge is 2.25. The van der Waals surface area contributed by atoms with Crippen molar-refractivity contribution in [3.05, 3.63) is 32.2 Å². The van der Waals surface area contributed by atoms with Crippen LogP contribution in [-0.2, 0) is 2.69 Å². The Labute approximate surface area is 116 Å². The number of alkyl halides is 3. The zero-order chi connectivity index (χ0) is 10.2. The fourth-order valence-corrected chi connectivity index (χ4v) is 3.42. The first-order chi connectivity index (χ1) is 5.84. The molecule has 0 nitrogen and oxygen atoms in total. The van der Waals surface area contributed by atoms with Gasteiger partial charge in [-0.05, 0) is 76.2 Å². The van der Waals surface area contributed by atoms with Gasteiger partial charge in [-0.2, -0.15) is 0 Å². The zero-order valence-corrected chi connectivity index (χ0v) is 13.6. The molecule has 0 aliphatic rings. The van der Waals surface area contributed by atoms with Crippen LogP contribution in [0, 0.1) is 6.92 Å². The van der Waals surface area contributed by atoms with Crippen molar-refractivity contribution in [1.82, 2.24) is 0 Å². The van der Waals surface area contributed by atoms with Crippen molar-refractivity contribution < 1.29 is 0 Å². The largest absolute Gasteiger partial charge is 0.179 e. The molecule has 0 amide bonds. The van der Waals surface area contributed by atoms with Crippen LogP contribution in [0.5, 0.6) is 0 Å². The second-order valence-corrected chi connectivity index (χ2v) is 9.06. The van der Waals surface area contributed by atoms with E-state index in [9.17, 15) is 0 Å². The number of hydrogen-bond donors (Lipinski definition) is 0. The Balaban J connectivity index is 3.35. The highest BCUT2D eigenvalue weighted by atomic mass is 79.9. The maximum Gasteiger partial charge on any atom is 0.179 e. The second-order valence-electron chi connectivity index (χ2n) is 2.56. The minimum atomic E-state index is -0.713. The lowest BCUT2D eigenvalue weighted by atomic mass is 10.2. The van der Waals surface area contributed by atoms with Gasteiger partial charge in [0.1, 0.15) is 0 Å². The molecule has 1 aromatic rings. The summed E-state index contributed by atoms with van der Waals surface area (Å²) in [6, 6.07) is 3.96. The average Bonchev–Trinajstić information content (AvgIpc) is 1.98. The van der Waals surface area contributed by atoms with E-state index in [-0.39, 0.29) is 0 Å². The fourth-order valence-electron chi connectivity index (χ4n) is 0.865. The van der Waals surface area contributed by atoms with E-state index in [1.807, 2.05) is 19.1 Å². The quantitative estimate of drug-likeness (QED) is 0.479. The molecule has 0 bridgehead atoms. The molecule has 0 radical (unpaired) electrons. The maximum absolute atomic E-state index is 6.07. The van der Waals surface area contributed by atoms with E-state index >= 15 is 0 Å². The Kier molecular flexibility index (Phi) is 4.34. The second kappa shape index (κ2) is 4.52. The molecule has 1 aromatic carbocycles. The molecular weight excluding hydrogens is 451 g/mol. The zero-order valence-electron chi connectivity index (χ0n) is 6.54. The number of rotatable bonds is 1. The minimum Gasteiger partial charge on any atom is -0.0885 e. The molecule has 0 heterocycles. The van der Waals surface area contributed by atoms with E-state index in [0.717, 1.165) is 20.1 Å². The van der Waals surface area contributed by atoms with Crippen molar-refractivity contribution in [2.45, 2.75) is 9.62 Å². The first-order valence-electron chi connectivity index (χ1n) is 3.36. The van der Waals surface area contributed by atoms with E-state index in [2.05, 4.69) is 63.7 Å². The minimum absolute atomic E-state index is 0.713. The third-order valence-corrected chi connectivity index (χ3v) is 5.02. The van der Waals surface area contributed by atoms with E-state index in [4.69, 9.17) is 11.6 Å². The van der Waals surface area contributed by atoms with Gasteiger partial charge in [0.15, 0.2) is 2.69 Å². The lowest BCUT2D eigenvalue weighted by Gasteiger charge is -2.16. The standard InChI is InChI=1S/C8H5Br4Cl/c1-4-2-3-5(8(11,12)13)7(10)6(4)9/h2-3H,1H3. The molecule has 5 heteroatoms. The highest BCUT2D eigenvalue weighted by Crippen LogP contribution is 2.47. The third kappa shape index (κ3) is 2.94. The Morgan fingerprint density at radius 3 is 2.15 bits per heavy atom. The molecule has 0 atom stereocenters. The molecule has 0 fully saturated rings. The molecule has 0 aliphatic heterocycles. The Bertz CT molecular complexity index is 330. The van der Waals surface area contributed by atoms with Crippen molar-refractivity contribution in [3.63, 3.8) is 0 Å². The predicted octanol–water partition coefficient (Wildman–Crippen LogP) is 5.66. The van der Waals surface area contributed by atoms with Crippen molar-refractivity contribution >= 4 is 75.3 Å². The van der Waals surface area contributed by atoms with Crippen LogP contribution in [0.2, 0.25) is 0 Å². The summed E-state index contributed by atoms with van der Waals surface area (Å²) in [6.45, 7) is 2.02. The SMILES string of the molecule is Cc1ccc(C(Cl)(Br)Br)c(Br)c1Br. The number of halogens is 5. The van der Waals surface area contributed by atoms with Gasteiger partial charge >= 0.3 is 0 Å². The topological polar surface area (TPSA) is 0 Å². The summed E-state index contributed by atoms with van der Waals surface area (Å²) in [7, 11) is 0. The summed E-state index contributed by atoms with van der Waals surface area (Å²) in [4.78, 5) is 0. The summed E-state index contributed by atoms with van der Waals surface area (Å²) in [5, 5.41) is 0. The van der Waals surface area contributed by atoms with Gasteiger partial charge < -0.3 is 0 Å². The Morgan fingerprint density at radius 2 is 1.69 bits per heavy atom. The molecule has 0 aliphatic carbocycles. The van der Waals surface area contributed by atoms with E-state index < -0.39 is 2.69 Å². The van der Waals surface area contributed by atoms with Gasteiger partial charge in [0.2, 0.25) is 0 Å². The first kappa shape index (κ1) is 12.5. The molecule has 0 saturated heterocycles. The van der Waals surface area contributed by atoms with Crippen LogP contribution in [0.25, 0.3) is 0 Å². The summed E-state index contributed by atoms with van der Waals surface area (Å²) >= 11 is 19.7. The molecule has 72 valence electrons. The van der Waals surface area contributed by atoms with Gasteiger partial charge in [0.25, 0.3) is 0 Å². The van der Waals surface area contributed by atoms with Gasteiger partial charge in [-0.1, -0.05) is 23.7 Å². The van der Waals surface area contributed by atoms with Crippen LogP contribution in [-0.4, -0.2) is 0 Å². The molecule has 0 saturated carbocycles. The van der Waals surface area contributed by atoms with Gasteiger partial charge in [-0.25, -0.2) is 0 Å². The number of aryl methyl sites for hydroxylation is 1. The average molecular weight is 456 g/mol. The van der Waals surface area contributed by atoms with Crippen LogP contribution in [0.3, 0.4) is 0 Å². The predicted molar refractivity (Wildman–Crippen MR) is 72.0 cm³/mol. The van der Waals surface area contributed by atoms with Gasteiger partial charge in [-0.15, -0.1) is 0 Å².